The van der Waals surface area contributed by atoms with Gasteiger partial charge in [-0.05, 0) is 85.4 Å². The molecule has 10 heteroatoms. The lowest BCUT2D eigenvalue weighted by Gasteiger charge is -2.34. The van der Waals surface area contributed by atoms with Crippen molar-refractivity contribution in [2.24, 2.45) is 0 Å². The van der Waals surface area contributed by atoms with Crippen LogP contribution in [-0.2, 0) is 16.6 Å². The maximum absolute atomic E-state index is 12.3. The number of hydrogen-bond donors (Lipinski definition) is 2. The monoisotopic (exact) mass is 572 g/mol. The van der Waals surface area contributed by atoms with Crippen LogP contribution in [0.3, 0.4) is 0 Å². The maximum Gasteiger partial charge on any atom is 0.416 e. The Morgan fingerprint density at radius 2 is 1.66 bits per heavy atom. The first kappa shape index (κ1) is 28.1. The molecule has 1 saturated heterocycles. The Bertz CT molecular complexity index is 1570. The van der Waals surface area contributed by atoms with Gasteiger partial charge in [0.15, 0.2) is 0 Å². The molecule has 5 rings (SSSR count). The fourth-order valence-corrected chi connectivity index (χ4v) is 5.68. The van der Waals surface area contributed by atoms with E-state index < -0.39 is 16.1 Å². The van der Waals surface area contributed by atoms with Gasteiger partial charge in [0, 0.05) is 24.5 Å². The van der Waals surface area contributed by atoms with Crippen molar-refractivity contribution in [1.29, 1.82) is 0 Å². The van der Waals surface area contributed by atoms with Crippen LogP contribution in [-0.4, -0.2) is 48.8 Å². The second kappa shape index (κ2) is 12.4. The zero-order chi connectivity index (χ0) is 28.8. The van der Waals surface area contributed by atoms with Crippen molar-refractivity contribution in [3.63, 3.8) is 0 Å². The van der Waals surface area contributed by atoms with Crippen LogP contribution in [0.2, 0.25) is 0 Å². The van der Waals surface area contributed by atoms with Gasteiger partial charge >= 0.3 is 6.09 Å². The molecule has 2 N–H and O–H groups in total. The number of rotatable bonds is 9. The minimum atomic E-state index is -3.33. The molecule has 0 unspecified atom stereocenters. The Hall–Kier alpha value is -4.41. The van der Waals surface area contributed by atoms with Gasteiger partial charge in [-0.3, -0.25) is 9.62 Å². The summed E-state index contributed by atoms with van der Waals surface area (Å²) in [5, 5.41) is 10.0. The first-order valence-corrected chi connectivity index (χ1v) is 15.2. The summed E-state index contributed by atoms with van der Waals surface area (Å²) in [6, 6.07) is 27.4. The van der Waals surface area contributed by atoms with E-state index in [-0.39, 0.29) is 5.92 Å². The van der Waals surface area contributed by atoms with Crippen molar-refractivity contribution in [2.75, 3.05) is 29.0 Å². The Kier molecular flexibility index (Phi) is 8.51. The van der Waals surface area contributed by atoms with Crippen LogP contribution in [0, 0.1) is 0 Å². The number of piperidine rings is 1. The van der Waals surface area contributed by atoms with E-state index in [0.29, 0.717) is 28.7 Å². The molecule has 41 heavy (non-hydrogen) atoms. The van der Waals surface area contributed by atoms with E-state index in [2.05, 4.69) is 14.6 Å². The van der Waals surface area contributed by atoms with Gasteiger partial charge in [0.25, 0.3) is 0 Å². The number of ether oxygens (including phenoxy) is 1. The number of carboxylic acid groups (broad SMARTS) is 1. The van der Waals surface area contributed by atoms with E-state index in [4.69, 9.17) is 4.74 Å². The molecule has 1 fully saturated rings. The highest BCUT2D eigenvalue weighted by molar-refractivity contribution is 7.92. The van der Waals surface area contributed by atoms with Gasteiger partial charge in [-0.25, -0.2) is 23.1 Å². The van der Waals surface area contributed by atoms with Crippen molar-refractivity contribution in [3.8, 4) is 11.6 Å². The largest absolute Gasteiger partial charge is 0.464 e. The van der Waals surface area contributed by atoms with Gasteiger partial charge in [-0.1, -0.05) is 42.5 Å². The predicted octanol–water partition coefficient (Wildman–Crippen LogP) is 6.44. The summed E-state index contributed by atoms with van der Waals surface area (Å²) in [6.45, 7) is 2.55. The number of carbonyl (C=O) groups is 1. The van der Waals surface area contributed by atoms with Crippen molar-refractivity contribution < 1.29 is 23.1 Å². The highest BCUT2D eigenvalue weighted by Gasteiger charge is 2.27. The van der Waals surface area contributed by atoms with Crippen molar-refractivity contribution >= 4 is 33.2 Å². The summed E-state index contributed by atoms with van der Waals surface area (Å²) >= 11 is 0. The zero-order valence-corrected chi connectivity index (χ0v) is 23.5. The van der Waals surface area contributed by atoms with Gasteiger partial charge in [-0.15, -0.1) is 0 Å². The van der Waals surface area contributed by atoms with E-state index in [1.54, 1.807) is 30.5 Å². The fraction of sp³-hybridized carbons (Fsp3) is 0.226. The highest BCUT2D eigenvalue weighted by Crippen LogP contribution is 2.38. The molecule has 1 aliphatic rings. The average molecular weight is 573 g/mol. The number of para-hydroxylation sites is 2. The number of amides is 1. The minimum absolute atomic E-state index is 0.265. The van der Waals surface area contributed by atoms with Crippen LogP contribution in [0.1, 0.15) is 29.9 Å². The quantitative estimate of drug-likeness (QED) is 0.237. The summed E-state index contributed by atoms with van der Waals surface area (Å²) in [6.07, 6.45) is 3.77. The van der Waals surface area contributed by atoms with Crippen LogP contribution in [0.15, 0.2) is 97.2 Å². The highest BCUT2D eigenvalue weighted by atomic mass is 32.2. The lowest BCUT2D eigenvalue weighted by atomic mass is 9.87. The lowest BCUT2D eigenvalue weighted by Crippen LogP contribution is -2.33. The molecule has 0 bridgehead atoms. The molecule has 0 spiro atoms. The topological polar surface area (TPSA) is 112 Å². The SMILES string of the molecule is CS(=O)(=O)Nc1ccc(Oc2ccc(CN3CCC(c4ccccc4N(C(=O)O)c4ccccc4)CC3)cn2)cc1. The van der Waals surface area contributed by atoms with E-state index >= 15 is 0 Å². The first-order valence-electron chi connectivity index (χ1n) is 13.4. The van der Waals surface area contributed by atoms with E-state index in [1.807, 2.05) is 66.7 Å². The van der Waals surface area contributed by atoms with Gasteiger partial charge in [0.05, 0.1) is 17.6 Å². The van der Waals surface area contributed by atoms with Gasteiger partial charge in [-0.2, -0.15) is 0 Å². The number of anilines is 3. The maximum atomic E-state index is 12.3. The third-order valence-electron chi connectivity index (χ3n) is 6.99. The van der Waals surface area contributed by atoms with Crippen LogP contribution in [0.4, 0.5) is 21.9 Å². The second-order valence-corrected chi connectivity index (χ2v) is 11.8. The summed E-state index contributed by atoms with van der Waals surface area (Å²) in [7, 11) is -3.33. The molecule has 0 atom stereocenters. The molecular formula is C31H32N4O5S. The van der Waals surface area contributed by atoms with Crippen molar-refractivity contribution in [2.45, 2.75) is 25.3 Å². The van der Waals surface area contributed by atoms with Gasteiger partial charge in [0.2, 0.25) is 15.9 Å². The van der Waals surface area contributed by atoms with E-state index in [9.17, 15) is 18.3 Å². The third kappa shape index (κ3) is 7.41. The summed E-state index contributed by atoms with van der Waals surface area (Å²) in [4.78, 5) is 20.5. The Morgan fingerprint density at radius 3 is 2.29 bits per heavy atom. The van der Waals surface area contributed by atoms with Gasteiger partial charge < -0.3 is 9.84 Å². The molecule has 0 aliphatic carbocycles. The predicted molar refractivity (Wildman–Crippen MR) is 160 cm³/mol. The molecule has 3 aromatic carbocycles. The summed E-state index contributed by atoms with van der Waals surface area (Å²) in [5.74, 6) is 1.27. The average Bonchev–Trinajstić information content (AvgIpc) is 2.96. The number of nitrogens with one attached hydrogen (secondary N) is 1. The molecule has 212 valence electrons. The molecule has 0 saturated carbocycles. The molecule has 1 aromatic heterocycles. The molecule has 1 aliphatic heterocycles. The van der Waals surface area contributed by atoms with Crippen LogP contribution < -0.4 is 14.4 Å². The molecule has 4 aromatic rings. The molecule has 0 radical (unpaired) electrons. The van der Waals surface area contributed by atoms with Crippen molar-refractivity contribution in [1.82, 2.24) is 9.88 Å². The molecule has 1 amide bonds. The number of nitrogens with zero attached hydrogens (tertiary/aromatic N) is 3. The summed E-state index contributed by atoms with van der Waals surface area (Å²) in [5.41, 5.74) is 3.94. The fourth-order valence-electron chi connectivity index (χ4n) is 5.12. The van der Waals surface area contributed by atoms with Gasteiger partial charge in [0.1, 0.15) is 5.75 Å². The Labute approximate surface area is 240 Å². The van der Waals surface area contributed by atoms with Crippen LogP contribution >= 0.6 is 0 Å². The third-order valence-corrected chi connectivity index (χ3v) is 7.60. The number of pyridine rings is 1. The van der Waals surface area contributed by atoms with E-state index in [1.165, 1.54) is 4.90 Å². The molecule has 9 nitrogen and oxygen atoms in total. The standard InChI is InChI=1S/C31H32N4O5S/c1-41(38,39)33-25-12-14-27(15-13-25)40-30-16-11-23(21-32-30)22-34-19-17-24(18-20-34)28-9-5-6-10-29(28)35(31(36)37)26-7-3-2-4-8-26/h2-16,21,24,33H,17-20,22H2,1H3,(H,36,37). The number of likely N-dealkylation sites (tertiary alicyclic amines) is 1. The number of sulfonamides is 1. The molecule has 2 heterocycles. The normalized spacial score (nSPS) is 14.4. The van der Waals surface area contributed by atoms with Crippen molar-refractivity contribution in [3.05, 3.63) is 108 Å². The number of aromatic nitrogens is 1. The molecular weight excluding hydrogens is 540 g/mol. The first-order chi connectivity index (χ1) is 19.7. The Morgan fingerprint density at radius 1 is 0.976 bits per heavy atom. The van der Waals surface area contributed by atoms with Crippen LogP contribution in [0.5, 0.6) is 11.6 Å². The minimum Gasteiger partial charge on any atom is -0.464 e. The smallest absolute Gasteiger partial charge is 0.416 e. The second-order valence-electron chi connectivity index (χ2n) is 10.1. The summed E-state index contributed by atoms with van der Waals surface area (Å²) < 4.78 is 31.0. The lowest BCUT2D eigenvalue weighted by molar-refractivity contribution is 0.202. The zero-order valence-electron chi connectivity index (χ0n) is 22.7. The van der Waals surface area contributed by atoms with Crippen LogP contribution in [0.25, 0.3) is 0 Å². The number of hydrogen-bond acceptors (Lipinski definition) is 6. The number of benzene rings is 3. The Balaban J connectivity index is 1.18. The van der Waals surface area contributed by atoms with E-state index in [0.717, 1.165) is 49.9 Å².